The number of nitrogens with zero attached hydrogens (tertiary/aromatic N) is 2. The van der Waals surface area contributed by atoms with E-state index in [1.807, 2.05) is 29.2 Å². The van der Waals surface area contributed by atoms with Crippen LogP contribution in [0.15, 0.2) is 48.5 Å². The molecule has 2 aliphatic rings. The molecule has 2 aliphatic heterocycles. The summed E-state index contributed by atoms with van der Waals surface area (Å²) in [5, 5.41) is 4.00. The fraction of sp³-hybridized carbons (Fsp3) is 0.440. The van der Waals surface area contributed by atoms with E-state index < -0.39 is 5.41 Å². The molecule has 2 saturated heterocycles. The predicted molar refractivity (Wildman–Crippen MR) is 131 cm³/mol. The van der Waals surface area contributed by atoms with Gasteiger partial charge in [0.25, 0.3) is 0 Å². The molecular formula is C25H29Cl2N3O3. The summed E-state index contributed by atoms with van der Waals surface area (Å²) >= 11 is 12.5. The Morgan fingerprint density at radius 3 is 2.33 bits per heavy atom. The molecule has 33 heavy (non-hydrogen) atoms. The number of piperazine rings is 1. The molecule has 2 aromatic carbocycles. The molecule has 0 bridgehead atoms. The van der Waals surface area contributed by atoms with Crippen molar-refractivity contribution >= 4 is 40.7 Å². The van der Waals surface area contributed by atoms with Gasteiger partial charge in [0, 0.05) is 68.1 Å². The van der Waals surface area contributed by atoms with Gasteiger partial charge in [-0.25, -0.2) is 0 Å². The Labute approximate surface area is 204 Å². The van der Waals surface area contributed by atoms with E-state index in [0.717, 1.165) is 18.7 Å². The number of hydrogen-bond donors (Lipinski definition) is 1. The van der Waals surface area contributed by atoms with Crippen LogP contribution in [0.5, 0.6) is 0 Å². The van der Waals surface area contributed by atoms with Crippen LogP contribution in [0.2, 0.25) is 10.0 Å². The first kappa shape index (κ1) is 23.9. The van der Waals surface area contributed by atoms with Crippen LogP contribution in [-0.4, -0.2) is 62.7 Å². The van der Waals surface area contributed by atoms with Crippen molar-refractivity contribution < 1.29 is 14.3 Å². The van der Waals surface area contributed by atoms with Crippen molar-refractivity contribution in [1.82, 2.24) is 10.2 Å². The van der Waals surface area contributed by atoms with Gasteiger partial charge in [0.15, 0.2) is 0 Å². The van der Waals surface area contributed by atoms with E-state index in [0.29, 0.717) is 55.7 Å². The molecule has 0 spiro atoms. The standard InChI is InChI=1S/C25H29Cl2N3O3/c26-19-6-7-21(22(27)18-19)25(9-16-33-17-10-25)24(32)28-11-8-23(31)30-14-12-29(13-15-30)20-4-2-1-3-5-20/h1-7,18H,8-17H2,(H,28,32). The Hall–Kier alpha value is -2.28. The summed E-state index contributed by atoms with van der Waals surface area (Å²) in [6.07, 6.45) is 1.35. The van der Waals surface area contributed by atoms with E-state index in [1.165, 1.54) is 5.69 Å². The van der Waals surface area contributed by atoms with Gasteiger partial charge in [-0.2, -0.15) is 0 Å². The van der Waals surface area contributed by atoms with Crippen molar-refractivity contribution in [2.24, 2.45) is 0 Å². The highest BCUT2D eigenvalue weighted by atomic mass is 35.5. The van der Waals surface area contributed by atoms with Gasteiger partial charge < -0.3 is 19.9 Å². The minimum absolute atomic E-state index is 0.0635. The molecule has 0 unspecified atom stereocenters. The maximum absolute atomic E-state index is 13.3. The topological polar surface area (TPSA) is 61.9 Å². The average molecular weight is 490 g/mol. The lowest BCUT2D eigenvalue weighted by Crippen LogP contribution is -2.50. The van der Waals surface area contributed by atoms with Crippen molar-refractivity contribution in [2.75, 3.05) is 50.8 Å². The number of nitrogens with one attached hydrogen (secondary N) is 1. The second kappa shape index (κ2) is 10.8. The molecule has 2 heterocycles. The van der Waals surface area contributed by atoms with Gasteiger partial charge in [-0.1, -0.05) is 47.5 Å². The quantitative estimate of drug-likeness (QED) is 0.668. The zero-order valence-corrected chi connectivity index (χ0v) is 20.1. The highest BCUT2D eigenvalue weighted by molar-refractivity contribution is 6.35. The molecule has 1 N–H and O–H groups in total. The predicted octanol–water partition coefficient (Wildman–Crippen LogP) is 3.90. The molecule has 0 saturated carbocycles. The fourth-order valence-corrected chi connectivity index (χ4v) is 5.27. The van der Waals surface area contributed by atoms with Crippen molar-refractivity contribution in [3.05, 3.63) is 64.1 Å². The molecule has 4 rings (SSSR count). The van der Waals surface area contributed by atoms with Crippen molar-refractivity contribution in [1.29, 1.82) is 0 Å². The molecule has 0 aromatic heterocycles. The van der Waals surface area contributed by atoms with Crippen LogP contribution >= 0.6 is 23.2 Å². The molecule has 2 fully saturated rings. The second-order valence-electron chi connectivity index (χ2n) is 8.53. The SMILES string of the molecule is O=C(CCNC(=O)C1(c2ccc(Cl)cc2Cl)CCOCC1)N1CCN(c2ccccc2)CC1. The first-order valence-electron chi connectivity index (χ1n) is 11.4. The fourth-order valence-electron chi connectivity index (χ4n) is 4.68. The molecule has 2 amide bonds. The zero-order valence-electron chi connectivity index (χ0n) is 18.6. The van der Waals surface area contributed by atoms with Gasteiger partial charge >= 0.3 is 0 Å². The lowest BCUT2D eigenvalue weighted by molar-refractivity contribution is -0.132. The van der Waals surface area contributed by atoms with Crippen LogP contribution in [0.4, 0.5) is 5.69 Å². The van der Waals surface area contributed by atoms with E-state index >= 15 is 0 Å². The first-order valence-corrected chi connectivity index (χ1v) is 12.1. The van der Waals surface area contributed by atoms with Gasteiger partial charge in [0.1, 0.15) is 0 Å². The maximum atomic E-state index is 13.3. The molecule has 0 atom stereocenters. The average Bonchev–Trinajstić information content (AvgIpc) is 2.85. The van der Waals surface area contributed by atoms with Gasteiger partial charge in [0.05, 0.1) is 5.41 Å². The Balaban J connectivity index is 1.31. The van der Waals surface area contributed by atoms with Crippen LogP contribution in [0, 0.1) is 0 Å². The van der Waals surface area contributed by atoms with E-state index in [9.17, 15) is 9.59 Å². The lowest BCUT2D eigenvalue weighted by Gasteiger charge is -2.37. The van der Waals surface area contributed by atoms with E-state index in [1.54, 1.807) is 12.1 Å². The smallest absolute Gasteiger partial charge is 0.230 e. The highest BCUT2D eigenvalue weighted by Crippen LogP contribution is 2.40. The summed E-state index contributed by atoms with van der Waals surface area (Å²) in [7, 11) is 0. The third-order valence-electron chi connectivity index (χ3n) is 6.61. The number of amides is 2. The molecule has 176 valence electrons. The maximum Gasteiger partial charge on any atom is 0.230 e. The van der Waals surface area contributed by atoms with E-state index in [-0.39, 0.29) is 18.2 Å². The third-order valence-corrected chi connectivity index (χ3v) is 7.15. The number of carbonyl (C=O) groups excluding carboxylic acids is 2. The van der Waals surface area contributed by atoms with Crippen LogP contribution in [0.1, 0.15) is 24.8 Å². The lowest BCUT2D eigenvalue weighted by atomic mass is 9.73. The van der Waals surface area contributed by atoms with Crippen LogP contribution in [0.3, 0.4) is 0 Å². The molecule has 8 heteroatoms. The number of rotatable bonds is 6. The van der Waals surface area contributed by atoms with Gasteiger partial charge in [-0.3, -0.25) is 9.59 Å². The molecule has 0 radical (unpaired) electrons. The number of carbonyl (C=O) groups is 2. The summed E-state index contributed by atoms with van der Waals surface area (Å²) in [4.78, 5) is 30.2. The molecule has 2 aromatic rings. The van der Waals surface area contributed by atoms with Crippen molar-refractivity contribution in [3.8, 4) is 0 Å². The Morgan fingerprint density at radius 2 is 1.67 bits per heavy atom. The van der Waals surface area contributed by atoms with Crippen LogP contribution in [0.25, 0.3) is 0 Å². The molecule has 0 aliphatic carbocycles. The number of ether oxygens (including phenoxy) is 1. The summed E-state index contributed by atoms with van der Waals surface area (Å²) in [6, 6.07) is 15.5. The normalized spacial score (nSPS) is 18.1. The van der Waals surface area contributed by atoms with Gasteiger partial charge in [0.2, 0.25) is 11.8 Å². The molecular weight excluding hydrogens is 461 g/mol. The number of anilines is 1. The minimum atomic E-state index is -0.774. The largest absolute Gasteiger partial charge is 0.381 e. The number of benzene rings is 2. The second-order valence-corrected chi connectivity index (χ2v) is 9.37. The monoisotopic (exact) mass is 489 g/mol. The van der Waals surface area contributed by atoms with Gasteiger partial charge in [-0.15, -0.1) is 0 Å². The van der Waals surface area contributed by atoms with Crippen LogP contribution in [-0.2, 0) is 19.7 Å². The summed E-state index contributed by atoms with van der Waals surface area (Å²) in [5.41, 5.74) is 1.17. The number of halogens is 2. The Morgan fingerprint density at radius 1 is 0.970 bits per heavy atom. The number of para-hydroxylation sites is 1. The molecule has 6 nitrogen and oxygen atoms in total. The summed E-state index contributed by atoms with van der Waals surface area (Å²) < 4.78 is 5.51. The summed E-state index contributed by atoms with van der Waals surface area (Å²) in [5.74, 6) is -0.0507. The Kier molecular flexibility index (Phi) is 7.78. The number of hydrogen-bond acceptors (Lipinski definition) is 4. The van der Waals surface area contributed by atoms with Gasteiger partial charge in [-0.05, 0) is 42.7 Å². The highest BCUT2D eigenvalue weighted by Gasteiger charge is 2.43. The zero-order chi connectivity index (χ0) is 23.3. The van der Waals surface area contributed by atoms with Crippen molar-refractivity contribution in [3.63, 3.8) is 0 Å². The Bertz CT molecular complexity index is 972. The summed E-state index contributed by atoms with van der Waals surface area (Å²) in [6.45, 7) is 4.24. The van der Waals surface area contributed by atoms with Crippen molar-refractivity contribution in [2.45, 2.75) is 24.7 Å². The first-order chi connectivity index (χ1) is 16.0. The minimum Gasteiger partial charge on any atom is -0.381 e. The third kappa shape index (κ3) is 5.45. The van der Waals surface area contributed by atoms with E-state index in [4.69, 9.17) is 27.9 Å². The van der Waals surface area contributed by atoms with E-state index in [2.05, 4.69) is 22.3 Å². The van der Waals surface area contributed by atoms with Crippen LogP contribution < -0.4 is 10.2 Å².